The van der Waals surface area contributed by atoms with Crippen LogP contribution >= 0.6 is 0 Å². The summed E-state index contributed by atoms with van der Waals surface area (Å²) in [6, 6.07) is 8.41. The molecule has 0 fully saturated rings. The van der Waals surface area contributed by atoms with Gasteiger partial charge in [0, 0.05) is 30.3 Å². The maximum Gasteiger partial charge on any atom is 0.0340 e. The molecular weight excluding hydrogens is 468 g/mol. The highest BCUT2D eigenvalue weighted by Gasteiger charge is 2.00. The lowest BCUT2D eigenvalue weighted by Gasteiger charge is -2.13. The summed E-state index contributed by atoms with van der Waals surface area (Å²) in [6.07, 6.45) is 12.0. The molecule has 1 aromatic carbocycles. The van der Waals surface area contributed by atoms with Crippen LogP contribution in [0, 0.1) is 6.92 Å². The quantitative estimate of drug-likeness (QED) is 0.190. The Hall–Kier alpha value is -2.44. The summed E-state index contributed by atoms with van der Waals surface area (Å²) in [4.78, 5) is 0. The number of hydrazine groups is 1. The van der Waals surface area contributed by atoms with Gasteiger partial charge in [-0.25, -0.2) is 0 Å². The Kier molecular flexibility index (Phi) is 53.3. The number of aryl methyl sites for hydroxylation is 1. The number of nitrogens with one attached hydrogen (secondary N) is 5. The minimum atomic E-state index is 0.989. The second-order valence-corrected chi connectivity index (χ2v) is 7.75. The lowest BCUT2D eigenvalue weighted by atomic mass is 10.0. The van der Waals surface area contributed by atoms with Crippen molar-refractivity contribution in [3.63, 3.8) is 0 Å². The molecule has 226 valence electrons. The van der Waals surface area contributed by atoms with Gasteiger partial charge in [-0.15, -0.1) is 0 Å². The minimum Gasteiger partial charge on any atom is -0.403 e. The highest BCUT2D eigenvalue weighted by molar-refractivity contribution is 5.44. The van der Waals surface area contributed by atoms with Crippen molar-refractivity contribution in [3.8, 4) is 0 Å². The van der Waals surface area contributed by atoms with Crippen molar-refractivity contribution < 1.29 is 0 Å². The fraction of sp³-hybridized carbons (Fsp3) is 0.625. The van der Waals surface area contributed by atoms with Crippen LogP contribution in [0.5, 0.6) is 0 Å². The number of anilines is 1. The molecule has 0 atom stereocenters. The van der Waals surface area contributed by atoms with Crippen molar-refractivity contribution in [3.05, 3.63) is 65.7 Å². The topological polar surface area (TPSA) is 86.2 Å². The van der Waals surface area contributed by atoms with E-state index in [2.05, 4.69) is 112 Å². The molecule has 2 rings (SSSR count). The Labute approximate surface area is 239 Å². The van der Waals surface area contributed by atoms with Gasteiger partial charge in [0.15, 0.2) is 0 Å². The number of nitrogens with two attached hydrogens (primary N) is 1. The van der Waals surface area contributed by atoms with Crippen molar-refractivity contribution in [1.29, 1.82) is 0 Å². The molecule has 6 heteroatoms. The van der Waals surface area contributed by atoms with Gasteiger partial charge >= 0.3 is 0 Å². The molecular formula is C32H68N6. The second kappa shape index (κ2) is 44.5. The third-order valence-electron chi connectivity index (χ3n) is 4.06. The molecule has 0 saturated carbocycles. The predicted octanol–water partition coefficient (Wildman–Crippen LogP) is 7.87. The minimum absolute atomic E-state index is 0.989. The summed E-state index contributed by atoms with van der Waals surface area (Å²) in [5.74, 6) is 0. The first kappa shape index (κ1) is 45.5. The molecule has 0 bridgehead atoms. The van der Waals surface area contributed by atoms with Gasteiger partial charge in [-0.3, -0.25) is 0 Å². The van der Waals surface area contributed by atoms with E-state index in [-0.39, 0.29) is 0 Å². The number of hydrogen-bond donors (Lipinski definition) is 6. The Balaban J connectivity index is -0.000000125. The summed E-state index contributed by atoms with van der Waals surface area (Å²) in [6.45, 7) is 26.0. The second-order valence-electron chi connectivity index (χ2n) is 7.75. The third kappa shape index (κ3) is 43.6. The molecule has 0 aliphatic heterocycles. The standard InChI is InChI=1S/C9H15N3.C9H13N.C4H11N.C3H9N.C3H8.2C2H6/c1-8-2-4-9(5-3-8)12-11-7-6-10;1-3-10-9-6-4-8(2)5-7-9;1-3-4-5-2;1-3-4-2;1-3-2;2*1-2/h2,4,6-7,11-12H,3,5,10H2,1H3;4-7,10H,3H2,1-2H3;5H,3-4H2,1-2H3;4H,3H2,1-2H3;3H2,1-2H3;2*1-2H3/b7-6-;;;;;;. The summed E-state index contributed by atoms with van der Waals surface area (Å²) in [5.41, 5.74) is 16.2. The van der Waals surface area contributed by atoms with Crippen molar-refractivity contribution in [1.82, 2.24) is 21.5 Å². The molecule has 1 aromatic rings. The van der Waals surface area contributed by atoms with E-state index in [1.807, 2.05) is 41.8 Å². The van der Waals surface area contributed by atoms with E-state index in [0.29, 0.717) is 0 Å². The van der Waals surface area contributed by atoms with Crippen LogP contribution in [0.3, 0.4) is 0 Å². The van der Waals surface area contributed by atoms with Crippen LogP contribution in [0.25, 0.3) is 0 Å². The van der Waals surface area contributed by atoms with Gasteiger partial charge in [0.05, 0.1) is 0 Å². The van der Waals surface area contributed by atoms with E-state index in [1.54, 1.807) is 6.20 Å². The highest BCUT2D eigenvalue weighted by atomic mass is 15.3. The van der Waals surface area contributed by atoms with E-state index >= 15 is 0 Å². The van der Waals surface area contributed by atoms with Crippen LogP contribution in [0.4, 0.5) is 5.69 Å². The van der Waals surface area contributed by atoms with Crippen molar-refractivity contribution >= 4 is 5.69 Å². The molecule has 0 saturated heterocycles. The SMILES string of the molecule is CC.CC.CC1=CC=C(NN/C=C\N)CC1.CCC.CCCNC.CCNC.CCNc1ccc(C)cc1. The molecule has 0 amide bonds. The molecule has 0 spiro atoms. The first-order valence-corrected chi connectivity index (χ1v) is 14.7. The van der Waals surface area contributed by atoms with E-state index in [1.165, 1.54) is 41.6 Å². The average molecular weight is 537 g/mol. The fourth-order valence-electron chi connectivity index (χ4n) is 2.15. The van der Waals surface area contributed by atoms with Crippen LogP contribution < -0.4 is 32.5 Å². The van der Waals surface area contributed by atoms with E-state index in [0.717, 1.165) is 32.5 Å². The van der Waals surface area contributed by atoms with Crippen molar-refractivity contribution in [2.75, 3.05) is 39.0 Å². The zero-order valence-electron chi connectivity index (χ0n) is 27.6. The fourth-order valence-corrected chi connectivity index (χ4v) is 2.15. The molecule has 1 aliphatic rings. The molecule has 38 heavy (non-hydrogen) atoms. The van der Waals surface area contributed by atoms with Gasteiger partial charge in [-0.1, -0.05) is 91.2 Å². The van der Waals surface area contributed by atoms with E-state index in [9.17, 15) is 0 Å². The van der Waals surface area contributed by atoms with Gasteiger partial charge in [0.1, 0.15) is 0 Å². The summed E-state index contributed by atoms with van der Waals surface area (Å²) < 4.78 is 0. The average Bonchev–Trinajstić information content (AvgIpc) is 2.95. The van der Waals surface area contributed by atoms with Crippen LogP contribution in [0.2, 0.25) is 0 Å². The Morgan fingerprint density at radius 1 is 0.789 bits per heavy atom. The van der Waals surface area contributed by atoms with Crippen LogP contribution in [0.15, 0.2) is 60.1 Å². The Morgan fingerprint density at radius 2 is 1.32 bits per heavy atom. The lowest BCUT2D eigenvalue weighted by Crippen LogP contribution is -2.26. The van der Waals surface area contributed by atoms with Gasteiger partial charge in [0.2, 0.25) is 0 Å². The van der Waals surface area contributed by atoms with Gasteiger partial charge in [-0.2, -0.15) is 0 Å². The molecule has 0 heterocycles. The summed E-state index contributed by atoms with van der Waals surface area (Å²) >= 11 is 0. The largest absolute Gasteiger partial charge is 0.403 e. The van der Waals surface area contributed by atoms with Crippen LogP contribution in [0.1, 0.15) is 100 Å². The van der Waals surface area contributed by atoms with Crippen molar-refractivity contribution in [2.45, 2.75) is 102 Å². The van der Waals surface area contributed by atoms with Gasteiger partial charge in [-0.05, 0) is 85.4 Å². The van der Waals surface area contributed by atoms with Crippen LogP contribution in [-0.2, 0) is 0 Å². The maximum absolute atomic E-state index is 5.15. The Bertz CT molecular complexity index is 603. The maximum atomic E-state index is 5.15. The third-order valence-corrected chi connectivity index (χ3v) is 4.06. The molecule has 0 unspecified atom stereocenters. The molecule has 0 radical (unpaired) electrons. The molecule has 7 N–H and O–H groups in total. The smallest absolute Gasteiger partial charge is 0.0340 e. The van der Waals surface area contributed by atoms with E-state index in [4.69, 9.17) is 5.73 Å². The zero-order chi connectivity index (χ0) is 30.5. The predicted molar refractivity (Wildman–Crippen MR) is 178 cm³/mol. The first-order valence-electron chi connectivity index (χ1n) is 14.7. The number of allylic oxidation sites excluding steroid dienone is 4. The first-order chi connectivity index (χ1) is 18.4. The number of hydrogen-bond acceptors (Lipinski definition) is 6. The molecule has 6 nitrogen and oxygen atoms in total. The Morgan fingerprint density at radius 3 is 1.63 bits per heavy atom. The highest BCUT2D eigenvalue weighted by Crippen LogP contribution is 2.14. The molecule has 0 aromatic heterocycles. The lowest BCUT2D eigenvalue weighted by molar-refractivity contribution is 0.676. The summed E-state index contributed by atoms with van der Waals surface area (Å²) in [7, 11) is 3.89. The monoisotopic (exact) mass is 537 g/mol. The zero-order valence-corrected chi connectivity index (χ0v) is 27.6. The van der Waals surface area contributed by atoms with Gasteiger partial charge < -0.3 is 32.5 Å². The van der Waals surface area contributed by atoms with Gasteiger partial charge in [0.25, 0.3) is 0 Å². The van der Waals surface area contributed by atoms with Crippen molar-refractivity contribution in [2.24, 2.45) is 5.73 Å². The molecule has 1 aliphatic carbocycles. The summed E-state index contributed by atoms with van der Waals surface area (Å²) in [5, 5.41) is 9.18. The number of rotatable bonds is 8. The van der Waals surface area contributed by atoms with E-state index < -0.39 is 0 Å². The number of benzene rings is 1. The van der Waals surface area contributed by atoms with Crippen LogP contribution in [-0.4, -0.2) is 33.7 Å². The normalized spacial score (nSPS) is 10.6.